The molecule has 7 nitrogen and oxygen atoms in total. The molecular weight excluding hydrogens is 386 g/mol. The molecule has 2 aromatic carbocycles. The Hall–Kier alpha value is -3.00. The van der Waals surface area contributed by atoms with Crippen molar-refractivity contribution in [3.8, 4) is 5.75 Å². The molecular formula is C21H23N5O2S. The van der Waals surface area contributed by atoms with E-state index in [1.807, 2.05) is 53.2 Å². The zero-order valence-electron chi connectivity index (χ0n) is 16.3. The second kappa shape index (κ2) is 8.57. The predicted molar refractivity (Wildman–Crippen MR) is 114 cm³/mol. The summed E-state index contributed by atoms with van der Waals surface area (Å²) < 4.78 is 7.17. The van der Waals surface area contributed by atoms with Crippen molar-refractivity contribution in [2.24, 2.45) is 0 Å². The second-order valence-electron chi connectivity index (χ2n) is 6.76. The lowest BCUT2D eigenvalue weighted by Gasteiger charge is -2.33. The van der Waals surface area contributed by atoms with Gasteiger partial charge in [0.1, 0.15) is 11.0 Å². The van der Waals surface area contributed by atoms with Crippen molar-refractivity contribution in [3.63, 3.8) is 0 Å². The van der Waals surface area contributed by atoms with Crippen LogP contribution in [0.25, 0.3) is 0 Å². The van der Waals surface area contributed by atoms with Crippen molar-refractivity contribution >= 4 is 23.4 Å². The largest absolute Gasteiger partial charge is 0.497 e. The monoisotopic (exact) mass is 409 g/mol. The number of rotatable bonds is 6. The van der Waals surface area contributed by atoms with E-state index in [9.17, 15) is 4.79 Å². The number of aryl methyl sites for hydroxylation is 1. The number of carbonyl (C=O) groups excluding carboxylic acids is 1. The highest BCUT2D eigenvalue weighted by molar-refractivity contribution is 8.00. The number of methoxy groups -OCH3 is 1. The van der Waals surface area contributed by atoms with Gasteiger partial charge in [-0.3, -0.25) is 4.79 Å². The first kappa shape index (κ1) is 19.3. The van der Waals surface area contributed by atoms with Gasteiger partial charge in [-0.25, -0.2) is 4.68 Å². The number of hydrogen-bond acceptors (Lipinski definition) is 6. The first-order valence-corrected chi connectivity index (χ1v) is 10.4. The smallest absolute Gasteiger partial charge is 0.240 e. The molecule has 1 aliphatic heterocycles. The minimum atomic E-state index is -0.408. The maximum Gasteiger partial charge on any atom is 0.240 e. The lowest BCUT2D eigenvalue weighted by Crippen LogP contribution is -2.41. The summed E-state index contributed by atoms with van der Waals surface area (Å²) in [6.45, 7) is 2.11. The molecule has 2 atom stereocenters. The lowest BCUT2D eigenvalue weighted by atomic mass is 10.0. The number of carbonyl (C=O) groups is 1. The van der Waals surface area contributed by atoms with Crippen LogP contribution in [0.15, 0.2) is 59.8 Å². The molecule has 150 valence electrons. The summed E-state index contributed by atoms with van der Waals surface area (Å²) in [6.07, 6.45) is 1.79. The third-order valence-corrected chi connectivity index (χ3v) is 5.95. The van der Waals surface area contributed by atoms with E-state index < -0.39 is 5.25 Å². The van der Waals surface area contributed by atoms with Crippen LogP contribution in [-0.2, 0) is 11.2 Å². The molecule has 1 aliphatic rings. The summed E-state index contributed by atoms with van der Waals surface area (Å²) in [7, 11) is 1.61. The minimum absolute atomic E-state index is 0.101. The number of fused-ring (bicyclic) bond motifs is 1. The summed E-state index contributed by atoms with van der Waals surface area (Å²) in [5.74, 6) is 1.47. The van der Waals surface area contributed by atoms with Gasteiger partial charge >= 0.3 is 0 Å². The Morgan fingerprint density at radius 3 is 2.79 bits per heavy atom. The van der Waals surface area contributed by atoms with Gasteiger partial charge in [0.25, 0.3) is 0 Å². The van der Waals surface area contributed by atoms with Crippen LogP contribution < -0.4 is 15.5 Å². The SMILES string of the molecule is CCCc1nnc2n1N[C@@H](c1ccccc1)[C@H](C(=O)Nc1cccc(OC)c1)S2. The number of nitrogens with zero attached hydrogens (tertiary/aromatic N) is 3. The van der Waals surface area contributed by atoms with Crippen molar-refractivity contribution in [2.45, 2.75) is 36.2 Å². The Morgan fingerprint density at radius 1 is 1.21 bits per heavy atom. The molecule has 2 N–H and O–H groups in total. The first-order chi connectivity index (χ1) is 14.2. The van der Waals surface area contributed by atoms with Gasteiger partial charge in [0.05, 0.1) is 13.2 Å². The highest BCUT2D eigenvalue weighted by Crippen LogP contribution is 2.37. The highest BCUT2D eigenvalue weighted by Gasteiger charge is 2.37. The van der Waals surface area contributed by atoms with E-state index in [2.05, 4.69) is 27.9 Å². The fourth-order valence-corrected chi connectivity index (χ4v) is 4.41. The van der Waals surface area contributed by atoms with Gasteiger partial charge in [-0.1, -0.05) is 55.1 Å². The molecule has 0 fully saturated rings. The van der Waals surface area contributed by atoms with Crippen LogP contribution in [0.2, 0.25) is 0 Å². The molecule has 0 spiro atoms. The molecule has 29 heavy (non-hydrogen) atoms. The molecule has 0 aliphatic carbocycles. The molecule has 0 saturated carbocycles. The molecule has 0 radical (unpaired) electrons. The number of anilines is 1. The average Bonchev–Trinajstić information content (AvgIpc) is 3.16. The van der Waals surface area contributed by atoms with Crippen LogP contribution in [0, 0.1) is 0 Å². The Kier molecular flexibility index (Phi) is 5.71. The molecule has 1 aromatic heterocycles. The third kappa shape index (κ3) is 4.07. The van der Waals surface area contributed by atoms with Crippen molar-refractivity contribution < 1.29 is 9.53 Å². The van der Waals surface area contributed by atoms with E-state index >= 15 is 0 Å². The number of nitrogens with one attached hydrogen (secondary N) is 2. The Balaban J connectivity index is 1.64. The summed E-state index contributed by atoms with van der Waals surface area (Å²) >= 11 is 1.43. The van der Waals surface area contributed by atoms with Crippen molar-refractivity contribution in [3.05, 3.63) is 66.0 Å². The van der Waals surface area contributed by atoms with Gasteiger partial charge in [0.15, 0.2) is 5.82 Å². The van der Waals surface area contributed by atoms with E-state index in [0.29, 0.717) is 16.6 Å². The zero-order chi connectivity index (χ0) is 20.2. The Bertz CT molecular complexity index is 992. The number of hydrogen-bond donors (Lipinski definition) is 2. The summed E-state index contributed by atoms with van der Waals surface area (Å²) in [5.41, 5.74) is 5.20. The van der Waals surface area contributed by atoms with Gasteiger partial charge in [-0.05, 0) is 24.1 Å². The second-order valence-corrected chi connectivity index (χ2v) is 7.87. The quantitative estimate of drug-likeness (QED) is 0.647. The highest BCUT2D eigenvalue weighted by atomic mass is 32.2. The van der Waals surface area contributed by atoms with E-state index in [1.165, 1.54) is 11.8 Å². The number of benzene rings is 2. The topological polar surface area (TPSA) is 81.1 Å². The van der Waals surface area contributed by atoms with Gasteiger partial charge < -0.3 is 15.5 Å². The number of thioether (sulfide) groups is 1. The van der Waals surface area contributed by atoms with Crippen molar-refractivity contribution in [1.29, 1.82) is 0 Å². The van der Waals surface area contributed by atoms with Crippen LogP contribution in [0.3, 0.4) is 0 Å². The fourth-order valence-electron chi connectivity index (χ4n) is 3.31. The first-order valence-electron chi connectivity index (χ1n) is 9.57. The van der Waals surface area contributed by atoms with Crippen LogP contribution in [0.4, 0.5) is 5.69 Å². The van der Waals surface area contributed by atoms with E-state index in [4.69, 9.17) is 4.74 Å². The van der Waals surface area contributed by atoms with Crippen LogP contribution in [-0.4, -0.2) is 33.1 Å². The van der Waals surface area contributed by atoms with Crippen LogP contribution in [0.1, 0.15) is 30.8 Å². The van der Waals surface area contributed by atoms with Crippen molar-refractivity contribution in [2.75, 3.05) is 17.9 Å². The molecule has 8 heteroatoms. The standard InChI is InChI=1S/C21H23N5O2S/c1-3-8-17-23-24-21-26(17)25-18(14-9-5-4-6-10-14)19(29-21)20(27)22-15-11-7-12-16(13-15)28-2/h4-7,9-13,18-19,25H,3,8H2,1-2H3,(H,22,27)/t18-,19+/m0/s1. The van der Waals surface area contributed by atoms with Gasteiger partial charge in [0, 0.05) is 18.2 Å². The number of aromatic nitrogens is 3. The van der Waals surface area contributed by atoms with Gasteiger partial charge in [-0.15, -0.1) is 10.2 Å². The molecule has 2 heterocycles. The Labute approximate surface area is 173 Å². The minimum Gasteiger partial charge on any atom is -0.497 e. The number of amides is 1. The van der Waals surface area contributed by atoms with E-state index in [-0.39, 0.29) is 11.9 Å². The molecule has 0 saturated heterocycles. The van der Waals surface area contributed by atoms with E-state index in [0.717, 1.165) is 24.2 Å². The maximum atomic E-state index is 13.2. The van der Waals surface area contributed by atoms with Crippen LogP contribution in [0.5, 0.6) is 5.75 Å². The number of ether oxygens (including phenoxy) is 1. The summed E-state index contributed by atoms with van der Waals surface area (Å²) in [6, 6.07) is 17.1. The predicted octanol–water partition coefficient (Wildman–Crippen LogP) is 3.64. The summed E-state index contributed by atoms with van der Waals surface area (Å²) in [5, 5.41) is 11.9. The van der Waals surface area contributed by atoms with Crippen LogP contribution >= 0.6 is 11.8 Å². The Morgan fingerprint density at radius 2 is 2.03 bits per heavy atom. The van der Waals surface area contributed by atoms with Gasteiger partial charge in [0.2, 0.25) is 11.1 Å². The third-order valence-electron chi connectivity index (χ3n) is 4.73. The normalized spacial score (nSPS) is 17.9. The van der Waals surface area contributed by atoms with Gasteiger partial charge in [-0.2, -0.15) is 0 Å². The van der Waals surface area contributed by atoms with E-state index in [1.54, 1.807) is 13.2 Å². The lowest BCUT2D eigenvalue weighted by molar-refractivity contribution is -0.116. The zero-order valence-corrected chi connectivity index (χ0v) is 17.1. The fraction of sp³-hybridized carbons (Fsp3) is 0.286. The molecule has 4 rings (SSSR count). The maximum absolute atomic E-state index is 13.2. The summed E-state index contributed by atoms with van der Waals surface area (Å²) in [4.78, 5) is 13.2. The van der Waals surface area contributed by atoms with Crippen molar-refractivity contribution in [1.82, 2.24) is 14.9 Å². The average molecular weight is 410 g/mol. The molecule has 0 bridgehead atoms. The molecule has 0 unspecified atom stereocenters. The molecule has 1 amide bonds. The molecule has 3 aromatic rings.